The molecule has 0 saturated heterocycles. The number of aromatic nitrogens is 1. The first-order valence-corrected chi connectivity index (χ1v) is 5.39. The molecule has 1 nitrogen and oxygen atoms in total. The number of aryl methyl sites for hydroxylation is 1. The number of hydrogen-bond donors (Lipinski definition) is 0. The Balaban J connectivity index is 2.61. The van der Waals surface area contributed by atoms with Crippen molar-refractivity contribution in [3.63, 3.8) is 0 Å². The molecule has 0 radical (unpaired) electrons. The quantitative estimate of drug-likeness (QED) is 0.742. The van der Waals surface area contributed by atoms with Crippen LogP contribution in [0, 0.1) is 0 Å². The topological polar surface area (TPSA) is 12.9 Å². The molecule has 0 bridgehead atoms. The summed E-state index contributed by atoms with van der Waals surface area (Å²) in [6.07, 6.45) is 2.65. The summed E-state index contributed by atoms with van der Waals surface area (Å²) in [6, 6.07) is 12.0. The lowest BCUT2D eigenvalue weighted by atomic mass is 10.0. The molecule has 0 aliphatic rings. The molecule has 2 rings (SSSR count). The SMILES string of the molecule is CCc1nccc(Cl)c1-c1ccccc1. The van der Waals surface area contributed by atoms with Crippen LogP contribution in [-0.2, 0) is 6.42 Å². The Kier molecular flexibility index (Phi) is 3.02. The number of benzene rings is 1. The Bertz CT molecular complexity index is 451. The minimum Gasteiger partial charge on any atom is -0.261 e. The van der Waals surface area contributed by atoms with Gasteiger partial charge in [0.05, 0.1) is 5.02 Å². The molecule has 0 fully saturated rings. The fourth-order valence-electron chi connectivity index (χ4n) is 1.66. The Morgan fingerprint density at radius 2 is 1.87 bits per heavy atom. The first-order chi connectivity index (χ1) is 7.33. The van der Waals surface area contributed by atoms with Crippen molar-refractivity contribution < 1.29 is 0 Å². The van der Waals surface area contributed by atoms with Crippen molar-refractivity contribution in [2.45, 2.75) is 13.3 Å². The van der Waals surface area contributed by atoms with Crippen LogP contribution >= 0.6 is 11.6 Å². The van der Waals surface area contributed by atoms with Crippen molar-refractivity contribution in [1.82, 2.24) is 4.98 Å². The zero-order chi connectivity index (χ0) is 10.7. The minimum absolute atomic E-state index is 0.771. The van der Waals surface area contributed by atoms with Crippen molar-refractivity contribution in [3.8, 4) is 11.1 Å². The molecule has 0 N–H and O–H groups in total. The Hall–Kier alpha value is -1.34. The number of rotatable bonds is 2. The molecule has 1 aromatic heterocycles. The van der Waals surface area contributed by atoms with Crippen molar-refractivity contribution in [2.75, 3.05) is 0 Å². The molecule has 1 aromatic carbocycles. The summed E-state index contributed by atoms with van der Waals surface area (Å²) in [7, 11) is 0. The monoisotopic (exact) mass is 217 g/mol. The number of pyridine rings is 1. The average molecular weight is 218 g/mol. The highest BCUT2D eigenvalue weighted by atomic mass is 35.5. The summed E-state index contributed by atoms with van der Waals surface area (Å²) < 4.78 is 0. The average Bonchev–Trinajstić information content (AvgIpc) is 2.29. The van der Waals surface area contributed by atoms with E-state index in [4.69, 9.17) is 11.6 Å². The molecule has 2 aromatic rings. The standard InChI is InChI=1S/C13H12ClN/c1-2-12-13(11(14)8-9-15-12)10-6-4-3-5-7-10/h3-9H,2H2,1H3. The molecule has 0 aliphatic heterocycles. The highest BCUT2D eigenvalue weighted by molar-refractivity contribution is 6.33. The van der Waals surface area contributed by atoms with Crippen LogP contribution in [0.1, 0.15) is 12.6 Å². The third-order valence-corrected chi connectivity index (χ3v) is 2.69. The second-order valence-electron chi connectivity index (χ2n) is 3.33. The molecule has 0 aliphatic carbocycles. The fraction of sp³-hybridized carbons (Fsp3) is 0.154. The first kappa shape index (κ1) is 10.2. The van der Waals surface area contributed by atoms with E-state index in [2.05, 4.69) is 24.0 Å². The lowest BCUT2D eigenvalue weighted by Gasteiger charge is -2.08. The summed E-state index contributed by atoms with van der Waals surface area (Å²) in [4.78, 5) is 4.35. The fourth-order valence-corrected chi connectivity index (χ4v) is 1.93. The van der Waals surface area contributed by atoms with Gasteiger partial charge in [-0.1, -0.05) is 48.9 Å². The molecule has 0 atom stereocenters. The summed E-state index contributed by atoms with van der Waals surface area (Å²) in [6.45, 7) is 2.09. The first-order valence-electron chi connectivity index (χ1n) is 5.01. The molecule has 0 amide bonds. The van der Waals surface area contributed by atoms with Gasteiger partial charge in [-0.3, -0.25) is 4.98 Å². The van der Waals surface area contributed by atoms with Crippen molar-refractivity contribution in [3.05, 3.63) is 53.3 Å². The van der Waals surface area contributed by atoms with E-state index < -0.39 is 0 Å². The molecule has 15 heavy (non-hydrogen) atoms. The molecule has 1 heterocycles. The number of halogens is 1. The van der Waals surface area contributed by atoms with Crippen LogP contribution in [-0.4, -0.2) is 4.98 Å². The van der Waals surface area contributed by atoms with Crippen LogP contribution < -0.4 is 0 Å². The molecule has 0 saturated carbocycles. The van der Waals surface area contributed by atoms with E-state index in [0.29, 0.717) is 0 Å². The van der Waals surface area contributed by atoms with Crippen molar-refractivity contribution >= 4 is 11.6 Å². The van der Waals surface area contributed by atoms with Gasteiger partial charge in [0, 0.05) is 17.5 Å². The van der Waals surface area contributed by atoms with Gasteiger partial charge in [0.1, 0.15) is 0 Å². The van der Waals surface area contributed by atoms with Crippen LogP contribution in [0.4, 0.5) is 0 Å². The molecule has 76 valence electrons. The lowest BCUT2D eigenvalue weighted by molar-refractivity contribution is 1.04. The summed E-state index contributed by atoms with van der Waals surface area (Å²) in [5, 5.41) is 0.771. The Morgan fingerprint density at radius 3 is 2.53 bits per heavy atom. The van der Waals surface area contributed by atoms with E-state index in [-0.39, 0.29) is 0 Å². The minimum atomic E-state index is 0.771. The van der Waals surface area contributed by atoms with Crippen LogP contribution in [0.3, 0.4) is 0 Å². The van der Waals surface area contributed by atoms with Gasteiger partial charge in [-0.15, -0.1) is 0 Å². The third kappa shape index (κ3) is 2.02. The van der Waals surface area contributed by atoms with Gasteiger partial charge in [-0.25, -0.2) is 0 Å². The zero-order valence-electron chi connectivity index (χ0n) is 8.57. The van der Waals surface area contributed by atoms with Crippen LogP contribution in [0.15, 0.2) is 42.6 Å². The van der Waals surface area contributed by atoms with Crippen molar-refractivity contribution in [2.24, 2.45) is 0 Å². The normalized spacial score (nSPS) is 10.3. The molecular formula is C13H12ClN. The van der Waals surface area contributed by atoms with Gasteiger partial charge in [-0.05, 0) is 18.1 Å². The zero-order valence-corrected chi connectivity index (χ0v) is 9.33. The van der Waals surface area contributed by atoms with E-state index in [1.807, 2.05) is 24.3 Å². The van der Waals surface area contributed by atoms with E-state index in [0.717, 1.165) is 28.3 Å². The maximum absolute atomic E-state index is 6.20. The van der Waals surface area contributed by atoms with E-state index >= 15 is 0 Å². The van der Waals surface area contributed by atoms with Gasteiger partial charge in [0.25, 0.3) is 0 Å². The molecule has 2 heteroatoms. The van der Waals surface area contributed by atoms with Gasteiger partial charge in [-0.2, -0.15) is 0 Å². The van der Waals surface area contributed by atoms with Gasteiger partial charge >= 0.3 is 0 Å². The predicted molar refractivity (Wildman–Crippen MR) is 64.1 cm³/mol. The molecule has 0 spiro atoms. The summed E-state index contributed by atoms with van der Waals surface area (Å²) in [5.74, 6) is 0. The highest BCUT2D eigenvalue weighted by Gasteiger charge is 2.08. The maximum Gasteiger partial charge on any atom is 0.0518 e. The number of hydrogen-bond acceptors (Lipinski definition) is 1. The van der Waals surface area contributed by atoms with Gasteiger partial charge < -0.3 is 0 Å². The molecular weight excluding hydrogens is 206 g/mol. The van der Waals surface area contributed by atoms with E-state index in [1.165, 1.54) is 0 Å². The summed E-state index contributed by atoms with van der Waals surface area (Å²) >= 11 is 6.20. The highest BCUT2D eigenvalue weighted by Crippen LogP contribution is 2.29. The largest absolute Gasteiger partial charge is 0.261 e. The Morgan fingerprint density at radius 1 is 1.13 bits per heavy atom. The summed E-state index contributed by atoms with van der Waals surface area (Å²) in [5.41, 5.74) is 3.24. The second kappa shape index (κ2) is 4.45. The van der Waals surface area contributed by atoms with Gasteiger partial charge in [0.15, 0.2) is 0 Å². The second-order valence-corrected chi connectivity index (χ2v) is 3.74. The third-order valence-electron chi connectivity index (χ3n) is 2.38. The van der Waals surface area contributed by atoms with Crippen LogP contribution in [0.5, 0.6) is 0 Å². The predicted octanol–water partition coefficient (Wildman–Crippen LogP) is 3.96. The van der Waals surface area contributed by atoms with E-state index in [1.54, 1.807) is 6.20 Å². The van der Waals surface area contributed by atoms with Gasteiger partial charge in [0.2, 0.25) is 0 Å². The van der Waals surface area contributed by atoms with Crippen LogP contribution in [0.25, 0.3) is 11.1 Å². The smallest absolute Gasteiger partial charge is 0.0518 e. The lowest BCUT2D eigenvalue weighted by Crippen LogP contribution is -1.92. The van der Waals surface area contributed by atoms with Crippen LogP contribution in [0.2, 0.25) is 5.02 Å². The number of nitrogens with zero attached hydrogens (tertiary/aromatic N) is 1. The molecule has 0 unspecified atom stereocenters. The maximum atomic E-state index is 6.20. The van der Waals surface area contributed by atoms with Crippen molar-refractivity contribution in [1.29, 1.82) is 0 Å². The Labute approximate surface area is 94.7 Å². The van der Waals surface area contributed by atoms with E-state index in [9.17, 15) is 0 Å².